The summed E-state index contributed by atoms with van der Waals surface area (Å²) in [6.07, 6.45) is 0.551. The first kappa shape index (κ1) is 15.5. The average molecular weight is 294 g/mol. The minimum absolute atomic E-state index is 0.0468. The Hall–Kier alpha value is -0.520. The van der Waals surface area contributed by atoms with Crippen LogP contribution in [0, 0.1) is 0 Å². The van der Waals surface area contributed by atoms with Crippen LogP contribution in [0.15, 0.2) is 12.1 Å². The van der Waals surface area contributed by atoms with Crippen LogP contribution in [0.4, 0.5) is 0 Å². The highest BCUT2D eigenvalue weighted by Crippen LogP contribution is 2.31. The Morgan fingerprint density at radius 1 is 1.22 bits per heavy atom. The summed E-state index contributed by atoms with van der Waals surface area (Å²) in [5, 5.41) is 32.0. The normalized spacial score (nSPS) is 11.8. The van der Waals surface area contributed by atoms with Crippen LogP contribution in [0.1, 0.15) is 18.9 Å². The highest BCUT2D eigenvalue weighted by atomic mass is 35.5. The van der Waals surface area contributed by atoms with E-state index < -0.39 is 5.54 Å². The highest BCUT2D eigenvalue weighted by Gasteiger charge is 2.26. The molecule has 0 aliphatic heterocycles. The number of halogens is 2. The Morgan fingerprint density at radius 2 is 1.83 bits per heavy atom. The molecule has 0 saturated heterocycles. The molecule has 0 aliphatic carbocycles. The maximum Gasteiger partial charge on any atom is 0.138 e. The van der Waals surface area contributed by atoms with Gasteiger partial charge in [0, 0.05) is 17.1 Å². The number of hydrogen-bond acceptors (Lipinski definition) is 4. The first-order chi connectivity index (χ1) is 8.48. The van der Waals surface area contributed by atoms with Gasteiger partial charge in [0.05, 0.1) is 23.8 Å². The molecule has 4 N–H and O–H groups in total. The third kappa shape index (κ3) is 3.49. The highest BCUT2D eigenvalue weighted by molar-refractivity contribution is 6.35. The topological polar surface area (TPSA) is 72.7 Å². The van der Waals surface area contributed by atoms with E-state index in [0.717, 1.165) is 0 Å². The van der Waals surface area contributed by atoms with Gasteiger partial charge < -0.3 is 20.6 Å². The molecular formula is C12H17Cl2NO3. The van der Waals surface area contributed by atoms with E-state index in [4.69, 9.17) is 23.2 Å². The second-order valence-corrected chi connectivity index (χ2v) is 5.04. The Kier molecular flexibility index (Phi) is 5.69. The summed E-state index contributed by atoms with van der Waals surface area (Å²) < 4.78 is 0. The maximum absolute atomic E-state index is 9.78. The van der Waals surface area contributed by atoms with E-state index in [9.17, 15) is 15.3 Å². The lowest BCUT2D eigenvalue weighted by molar-refractivity contribution is 0.0862. The molecule has 0 atom stereocenters. The zero-order valence-corrected chi connectivity index (χ0v) is 11.6. The van der Waals surface area contributed by atoms with Crippen LogP contribution >= 0.6 is 23.2 Å². The van der Waals surface area contributed by atoms with Crippen molar-refractivity contribution in [3.63, 3.8) is 0 Å². The summed E-state index contributed by atoms with van der Waals surface area (Å²) in [5.41, 5.74) is -0.256. The molecule has 0 amide bonds. The molecule has 1 aromatic carbocycles. The monoisotopic (exact) mass is 293 g/mol. The Morgan fingerprint density at radius 3 is 2.33 bits per heavy atom. The first-order valence-corrected chi connectivity index (χ1v) is 6.37. The van der Waals surface area contributed by atoms with Crippen molar-refractivity contribution in [1.82, 2.24) is 5.32 Å². The summed E-state index contributed by atoms with van der Waals surface area (Å²) in [7, 11) is 0. The van der Waals surface area contributed by atoms with E-state index in [2.05, 4.69) is 5.32 Å². The molecule has 0 fully saturated rings. The maximum atomic E-state index is 9.78. The van der Waals surface area contributed by atoms with Crippen molar-refractivity contribution in [2.24, 2.45) is 0 Å². The minimum Gasteiger partial charge on any atom is -0.506 e. The van der Waals surface area contributed by atoms with E-state index in [1.807, 2.05) is 6.92 Å². The van der Waals surface area contributed by atoms with Crippen molar-refractivity contribution in [2.75, 3.05) is 13.2 Å². The van der Waals surface area contributed by atoms with Crippen molar-refractivity contribution in [3.8, 4) is 5.75 Å². The van der Waals surface area contributed by atoms with Gasteiger partial charge >= 0.3 is 0 Å². The molecule has 0 radical (unpaired) electrons. The molecular weight excluding hydrogens is 277 g/mol. The van der Waals surface area contributed by atoms with Crippen LogP contribution in [0.3, 0.4) is 0 Å². The SMILES string of the molecule is CCC(CO)(CO)NCc1cc(Cl)cc(Cl)c1O. The molecule has 0 saturated carbocycles. The second kappa shape index (κ2) is 6.59. The molecule has 1 rings (SSSR count). The summed E-state index contributed by atoms with van der Waals surface area (Å²) in [6, 6.07) is 3.04. The second-order valence-electron chi connectivity index (χ2n) is 4.20. The van der Waals surface area contributed by atoms with Gasteiger partial charge in [-0.3, -0.25) is 0 Å². The van der Waals surface area contributed by atoms with E-state index in [-0.39, 0.29) is 30.5 Å². The Balaban J connectivity index is 2.86. The number of aromatic hydroxyl groups is 1. The molecule has 0 unspecified atom stereocenters. The summed E-state index contributed by atoms with van der Waals surface area (Å²) in [5.74, 6) is -0.0468. The zero-order chi connectivity index (χ0) is 13.8. The van der Waals surface area contributed by atoms with E-state index in [0.29, 0.717) is 17.0 Å². The number of aliphatic hydroxyl groups excluding tert-OH is 2. The number of phenolic OH excluding ortho intramolecular Hbond substituents is 1. The lowest BCUT2D eigenvalue weighted by Gasteiger charge is -2.30. The molecule has 4 nitrogen and oxygen atoms in total. The third-order valence-electron chi connectivity index (χ3n) is 3.04. The Bertz CT molecular complexity index is 400. The van der Waals surface area contributed by atoms with Crippen LogP contribution in [0.25, 0.3) is 0 Å². The van der Waals surface area contributed by atoms with Crippen molar-refractivity contribution in [2.45, 2.75) is 25.4 Å². The van der Waals surface area contributed by atoms with Gasteiger partial charge in [-0.1, -0.05) is 30.1 Å². The molecule has 0 aliphatic rings. The van der Waals surface area contributed by atoms with Crippen molar-refractivity contribution in [1.29, 1.82) is 0 Å². The van der Waals surface area contributed by atoms with Crippen LogP contribution in [0.2, 0.25) is 10.0 Å². The standard InChI is InChI=1S/C12H17Cl2NO3/c1-2-12(6-16,7-17)15-5-8-3-9(13)4-10(14)11(8)18/h3-4,15-18H,2,5-7H2,1H3. The number of benzene rings is 1. The minimum atomic E-state index is -0.777. The predicted octanol–water partition coefficient (Wildman–Crippen LogP) is 1.92. The van der Waals surface area contributed by atoms with Crippen molar-refractivity contribution >= 4 is 23.2 Å². The van der Waals surface area contributed by atoms with Gasteiger partial charge in [0.1, 0.15) is 5.75 Å². The van der Waals surface area contributed by atoms with Gasteiger partial charge in [0.2, 0.25) is 0 Å². The quantitative estimate of drug-likeness (QED) is 0.647. The molecule has 0 aromatic heterocycles. The van der Waals surface area contributed by atoms with Crippen molar-refractivity contribution in [3.05, 3.63) is 27.7 Å². The molecule has 6 heteroatoms. The third-order valence-corrected chi connectivity index (χ3v) is 3.55. The summed E-state index contributed by atoms with van der Waals surface area (Å²) in [6.45, 7) is 1.70. The number of aliphatic hydroxyl groups is 2. The van der Waals surface area contributed by atoms with Gasteiger partial charge in [-0.05, 0) is 18.6 Å². The van der Waals surface area contributed by atoms with Crippen LogP contribution in [-0.4, -0.2) is 34.1 Å². The van der Waals surface area contributed by atoms with Crippen LogP contribution in [-0.2, 0) is 6.54 Å². The van der Waals surface area contributed by atoms with Crippen LogP contribution in [0.5, 0.6) is 5.75 Å². The summed E-state index contributed by atoms with van der Waals surface area (Å²) >= 11 is 11.7. The molecule has 1 aromatic rings. The molecule has 0 spiro atoms. The lowest BCUT2D eigenvalue weighted by Crippen LogP contribution is -2.50. The Labute approximate surface area is 116 Å². The number of phenols is 1. The predicted molar refractivity (Wildman–Crippen MR) is 72.2 cm³/mol. The fraction of sp³-hybridized carbons (Fsp3) is 0.500. The molecule has 102 valence electrons. The largest absolute Gasteiger partial charge is 0.506 e. The average Bonchev–Trinajstić information content (AvgIpc) is 2.37. The number of rotatable bonds is 6. The van der Waals surface area contributed by atoms with Gasteiger partial charge in [0.15, 0.2) is 0 Å². The molecule has 0 bridgehead atoms. The summed E-state index contributed by atoms with van der Waals surface area (Å²) in [4.78, 5) is 0. The smallest absolute Gasteiger partial charge is 0.138 e. The van der Waals surface area contributed by atoms with Crippen molar-refractivity contribution < 1.29 is 15.3 Å². The van der Waals surface area contributed by atoms with E-state index >= 15 is 0 Å². The lowest BCUT2D eigenvalue weighted by atomic mass is 9.98. The van der Waals surface area contributed by atoms with Gasteiger partial charge in [-0.25, -0.2) is 0 Å². The number of nitrogens with one attached hydrogen (secondary N) is 1. The van der Waals surface area contributed by atoms with E-state index in [1.54, 1.807) is 6.07 Å². The first-order valence-electron chi connectivity index (χ1n) is 5.61. The molecule has 18 heavy (non-hydrogen) atoms. The van der Waals surface area contributed by atoms with Gasteiger partial charge in [-0.2, -0.15) is 0 Å². The van der Waals surface area contributed by atoms with Gasteiger partial charge in [-0.15, -0.1) is 0 Å². The number of hydrogen-bond donors (Lipinski definition) is 4. The van der Waals surface area contributed by atoms with E-state index in [1.165, 1.54) is 6.07 Å². The fourth-order valence-corrected chi connectivity index (χ4v) is 2.08. The zero-order valence-electron chi connectivity index (χ0n) is 10.1. The van der Waals surface area contributed by atoms with Crippen LogP contribution < -0.4 is 5.32 Å². The fourth-order valence-electron chi connectivity index (χ4n) is 1.55. The van der Waals surface area contributed by atoms with Gasteiger partial charge in [0.25, 0.3) is 0 Å². The molecule has 0 heterocycles.